The molecule has 5 nitrogen and oxygen atoms in total. The van der Waals surface area contributed by atoms with Crippen LogP contribution in [0.3, 0.4) is 0 Å². The molecular weight excluding hydrogens is 224 g/mol. The van der Waals surface area contributed by atoms with Crippen LogP contribution in [0.2, 0.25) is 0 Å². The van der Waals surface area contributed by atoms with Gasteiger partial charge in [-0.05, 0) is 18.8 Å². The second-order valence-electron chi connectivity index (χ2n) is 4.59. The SMILES string of the molecule is CC1CCCC(N)(C(=O)Nc2cnns2)C1. The molecule has 16 heavy (non-hydrogen) atoms. The molecule has 1 fully saturated rings. The fourth-order valence-electron chi connectivity index (χ4n) is 2.26. The zero-order chi connectivity index (χ0) is 11.6. The number of nitrogens with two attached hydrogens (primary N) is 1. The molecule has 88 valence electrons. The van der Waals surface area contributed by atoms with Crippen LogP contribution in [0.25, 0.3) is 0 Å². The maximum atomic E-state index is 12.0. The van der Waals surface area contributed by atoms with Crippen molar-refractivity contribution in [2.75, 3.05) is 5.32 Å². The Morgan fingerprint density at radius 2 is 2.56 bits per heavy atom. The maximum Gasteiger partial charge on any atom is 0.245 e. The van der Waals surface area contributed by atoms with E-state index in [9.17, 15) is 4.79 Å². The van der Waals surface area contributed by atoms with Crippen molar-refractivity contribution in [1.29, 1.82) is 0 Å². The highest BCUT2D eigenvalue weighted by atomic mass is 32.1. The van der Waals surface area contributed by atoms with E-state index in [-0.39, 0.29) is 5.91 Å². The second-order valence-corrected chi connectivity index (χ2v) is 5.38. The molecule has 1 aliphatic carbocycles. The lowest BCUT2D eigenvalue weighted by atomic mass is 9.76. The van der Waals surface area contributed by atoms with E-state index in [1.54, 1.807) is 0 Å². The summed E-state index contributed by atoms with van der Waals surface area (Å²) in [6, 6.07) is 0. The minimum absolute atomic E-state index is 0.106. The molecule has 2 atom stereocenters. The monoisotopic (exact) mass is 240 g/mol. The van der Waals surface area contributed by atoms with Crippen LogP contribution in [0.4, 0.5) is 5.00 Å². The third-order valence-electron chi connectivity index (χ3n) is 3.08. The van der Waals surface area contributed by atoms with Gasteiger partial charge in [-0.2, -0.15) is 0 Å². The van der Waals surface area contributed by atoms with Gasteiger partial charge in [-0.15, -0.1) is 5.10 Å². The molecule has 0 spiro atoms. The molecule has 6 heteroatoms. The first-order chi connectivity index (χ1) is 7.60. The predicted octanol–water partition coefficient (Wildman–Crippen LogP) is 1.38. The maximum absolute atomic E-state index is 12.0. The van der Waals surface area contributed by atoms with Gasteiger partial charge in [-0.3, -0.25) is 4.79 Å². The molecule has 3 N–H and O–H groups in total. The molecule has 0 bridgehead atoms. The van der Waals surface area contributed by atoms with E-state index in [0.717, 1.165) is 25.7 Å². The molecule has 0 aliphatic heterocycles. The predicted molar refractivity (Wildman–Crippen MR) is 63.1 cm³/mol. The first-order valence-electron chi connectivity index (χ1n) is 5.48. The van der Waals surface area contributed by atoms with Gasteiger partial charge in [0.2, 0.25) is 5.91 Å². The highest BCUT2D eigenvalue weighted by molar-refractivity contribution is 7.10. The fourth-order valence-corrected chi connectivity index (χ4v) is 2.67. The van der Waals surface area contributed by atoms with Crippen LogP contribution in [0.5, 0.6) is 0 Å². The van der Waals surface area contributed by atoms with Gasteiger partial charge < -0.3 is 11.1 Å². The molecule has 0 saturated heterocycles. The number of nitrogens with one attached hydrogen (secondary N) is 1. The van der Waals surface area contributed by atoms with Gasteiger partial charge >= 0.3 is 0 Å². The number of carbonyl (C=O) groups is 1. The molecule has 1 amide bonds. The van der Waals surface area contributed by atoms with Crippen molar-refractivity contribution >= 4 is 22.4 Å². The van der Waals surface area contributed by atoms with E-state index >= 15 is 0 Å². The summed E-state index contributed by atoms with van der Waals surface area (Å²) in [5.74, 6) is 0.411. The smallest absolute Gasteiger partial charge is 0.245 e. The number of aromatic nitrogens is 2. The Balaban J connectivity index is 2.02. The molecule has 1 saturated carbocycles. The average molecular weight is 240 g/mol. The van der Waals surface area contributed by atoms with E-state index in [0.29, 0.717) is 10.9 Å². The van der Waals surface area contributed by atoms with Crippen LogP contribution >= 0.6 is 11.5 Å². The lowest BCUT2D eigenvalue weighted by Crippen LogP contribution is -2.53. The Bertz CT molecular complexity index is 367. The van der Waals surface area contributed by atoms with Gasteiger partial charge in [0.05, 0.1) is 11.7 Å². The van der Waals surface area contributed by atoms with E-state index in [2.05, 4.69) is 21.8 Å². The summed E-state index contributed by atoms with van der Waals surface area (Å²) < 4.78 is 3.69. The van der Waals surface area contributed by atoms with Gasteiger partial charge in [0.1, 0.15) is 5.00 Å². The minimum Gasteiger partial charge on any atom is -0.317 e. The highest BCUT2D eigenvalue weighted by Gasteiger charge is 2.38. The fraction of sp³-hybridized carbons (Fsp3) is 0.700. The molecule has 1 aliphatic rings. The Kier molecular flexibility index (Phi) is 3.20. The number of nitrogens with zero attached hydrogens (tertiary/aromatic N) is 2. The molecule has 0 aromatic carbocycles. The van der Waals surface area contributed by atoms with Crippen LogP contribution in [0.1, 0.15) is 32.6 Å². The molecule has 1 aromatic rings. The number of rotatable bonds is 2. The summed E-state index contributed by atoms with van der Waals surface area (Å²) in [7, 11) is 0. The van der Waals surface area contributed by atoms with E-state index in [1.165, 1.54) is 17.7 Å². The lowest BCUT2D eigenvalue weighted by Gasteiger charge is -2.34. The average Bonchev–Trinajstić information content (AvgIpc) is 2.70. The van der Waals surface area contributed by atoms with Crippen LogP contribution in [-0.2, 0) is 4.79 Å². The van der Waals surface area contributed by atoms with Gasteiger partial charge in [-0.1, -0.05) is 24.3 Å². The first-order valence-corrected chi connectivity index (χ1v) is 6.25. The summed E-state index contributed by atoms with van der Waals surface area (Å²) in [5, 5.41) is 7.11. The van der Waals surface area contributed by atoms with Gasteiger partial charge in [0.25, 0.3) is 0 Å². The van der Waals surface area contributed by atoms with E-state index < -0.39 is 5.54 Å². The molecular formula is C10H16N4OS. The van der Waals surface area contributed by atoms with E-state index in [1.807, 2.05) is 0 Å². The Labute approximate surface area is 98.6 Å². The number of hydrogen-bond acceptors (Lipinski definition) is 5. The second kappa shape index (κ2) is 4.47. The van der Waals surface area contributed by atoms with Crippen molar-refractivity contribution in [3.63, 3.8) is 0 Å². The van der Waals surface area contributed by atoms with Crippen molar-refractivity contribution in [3.05, 3.63) is 6.20 Å². The highest BCUT2D eigenvalue weighted by Crippen LogP contribution is 2.31. The molecule has 2 rings (SSSR count). The topological polar surface area (TPSA) is 80.9 Å². The first kappa shape index (κ1) is 11.5. The third-order valence-corrected chi connectivity index (χ3v) is 3.66. The van der Waals surface area contributed by atoms with Gasteiger partial charge in [-0.25, -0.2) is 0 Å². The van der Waals surface area contributed by atoms with Crippen molar-refractivity contribution in [3.8, 4) is 0 Å². The van der Waals surface area contributed by atoms with Crippen LogP contribution in [-0.4, -0.2) is 21.0 Å². The Morgan fingerprint density at radius 3 is 3.19 bits per heavy atom. The molecule has 2 unspecified atom stereocenters. The molecule has 1 heterocycles. The molecule has 0 radical (unpaired) electrons. The normalized spacial score (nSPS) is 30.0. The van der Waals surface area contributed by atoms with Crippen LogP contribution in [0.15, 0.2) is 6.20 Å². The summed E-state index contributed by atoms with van der Waals surface area (Å²) >= 11 is 1.17. The standard InChI is InChI=1S/C10H16N4OS/c1-7-3-2-4-10(11,5-7)9(15)13-8-6-12-14-16-8/h6-7H,2-5,11H2,1H3,(H,13,15). The van der Waals surface area contributed by atoms with Crippen LogP contribution < -0.4 is 11.1 Å². The summed E-state index contributed by atoms with van der Waals surface area (Å²) in [5.41, 5.74) is 5.44. The number of anilines is 1. The molecule has 1 aromatic heterocycles. The summed E-state index contributed by atoms with van der Waals surface area (Å²) in [6.07, 6.45) is 5.24. The van der Waals surface area contributed by atoms with Gasteiger partial charge in [0, 0.05) is 11.5 Å². The number of amides is 1. The lowest BCUT2D eigenvalue weighted by molar-refractivity contribution is -0.122. The van der Waals surface area contributed by atoms with Crippen molar-refractivity contribution < 1.29 is 4.79 Å². The number of hydrogen-bond donors (Lipinski definition) is 2. The van der Waals surface area contributed by atoms with E-state index in [4.69, 9.17) is 5.73 Å². The van der Waals surface area contributed by atoms with Crippen LogP contribution in [0, 0.1) is 5.92 Å². The van der Waals surface area contributed by atoms with Crippen molar-refractivity contribution in [2.45, 2.75) is 38.1 Å². The third kappa shape index (κ3) is 2.38. The number of carbonyl (C=O) groups excluding carboxylic acids is 1. The Morgan fingerprint density at radius 1 is 1.75 bits per heavy atom. The van der Waals surface area contributed by atoms with Crippen molar-refractivity contribution in [2.24, 2.45) is 11.7 Å². The Hall–Kier alpha value is -1.01. The van der Waals surface area contributed by atoms with Gasteiger partial charge in [0.15, 0.2) is 0 Å². The minimum atomic E-state index is -0.721. The zero-order valence-corrected chi connectivity index (χ0v) is 10.1. The summed E-state index contributed by atoms with van der Waals surface area (Å²) in [6.45, 7) is 2.14. The quantitative estimate of drug-likeness (QED) is 0.818. The zero-order valence-electron chi connectivity index (χ0n) is 9.27. The largest absolute Gasteiger partial charge is 0.317 e. The van der Waals surface area contributed by atoms with Crippen molar-refractivity contribution in [1.82, 2.24) is 9.59 Å². The summed E-state index contributed by atoms with van der Waals surface area (Å²) in [4.78, 5) is 12.0.